The van der Waals surface area contributed by atoms with Crippen molar-refractivity contribution in [3.63, 3.8) is 0 Å². The Kier molecular flexibility index (Phi) is 8.99. The quantitative estimate of drug-likeness (QED) is 0.560. The predicted octanol–water partition coefficient (Wildman–Crippen LogP) is 4.52. The number of aliphatic hydroxyl groups is 1. The van der Waals surface area contributed by atoms with E-state index in [-0.39, 0.29) is 17.6 Å². The van der Waals surface area contributed by atoms with Gasteiger partial charge in [0.2, 0.25) is 0 Å². The van der Waals surface area contributed by atoms with Crippen molar-refractivity contribution in [1.82, 2.24) is 0 Å². The highest BCUT2D eigenvalue weighted by Gasteiger charge is 2.26. The van der Waals surface area contributed by atoms with E-state index in [4.69, 9.17) is 0 Å². The molecule has 0 aliphatic heterocycles. The molecule has 0 radical (unpaired) electrons. The minimum Gasteiger partial charge on any atom is -0.389 e. The number of carbonyl (C=O) groups excluding carboxylic acids is 1. The molecule has 0 amide bonds. The molecule has 0 saturated heterocycles. The standard InChI is InChI=1S/C17H32O2/c1-6-14(7-2)13-17(5,9-4)11-10-16(19)12-15(18)8-3/h8,14-15,18H,3,6-7,9-13H2,1-2,4-5H3. The second-order valence-electron chi connectivity index (χ2n) is 6.10. The SMILES string of the molecule is C=CC(O)CC(=O)CCC(C)(CC)CC(CC)CC. The van der Waals surface area contributed by atoms with E-state index in [1.807, 2.05) is 0 Å². The maximum Gasteiger partial charge on any atom is 0.135 e. The molecular weight excluding hydrogens is 236 g/mol. The van der Waals surface area contributed by atoms with Crippen LogP contribution >= 0.6 is 0 Å². The van der Waals surface area contributed by atoms with Crippen LogP contribution in [0.25, 0.3) is 0 Å². The van der Waals surface area contributed by atoms with Crippen molar-refractivity contribution in [3.8, 4) is 0 Å². The van der Waals surface area contributed by atoms with Gasteiger partial charge in [0.25, 0.3) is 0 Å². The zero-order chi connectivity index (χ0) is 14.9. The van der Waals surface area contributed by atoms with Crippen molar-refractivity contribution < 1.29 is 9.90 Å². The van der Waals surface area contributed by atoms with Gasteiger partial charge in [-0.25, -0.2) is 0 Å². The van der Waals surface area contributed by atoms with E-state index in [1.54, 1.807) is 0 Å². The molecule has 2 heteroatoms. The highest BCUT2D eigenvalue weighted by atomic mass is 16.3. The Hall–Kier alpha value is -0.630. The maximum atomic E-state index is 11.8. The van der Waals surface area contributed by atoms with Gasteiger partial charge in [0.15, 0.2) is 0 Å². The predicted molar refractivity (Wildman–Crippen MR) is 82.1 cm³/mol. The molecule has 0 bridgehead atoms. The molecule has 0 heterocycles. The van der Waals surface area contributed by atoms with Gasteiger partial charge in [0, 0.05) is 12.8 Å². The molecule has 19 heavy (non-hydrogen) atoms. The number of ketones is 1. The van der Waals surface area contributed by atoms with Crippen LogP contribution in [-0.4, -0.2) is 17.0 Å². The van der Waals surface area contributed by atoms with Crippen LogP contribution < -0.4 is 0 Å². The topological polar surface area (TPSA) is 37.3 Å². The van der Waals surface area contributed by atoms with Gasteiger partial charge in [-0.2, -0.15) is 0 Å². The molecular formula is C17H32O2. The highest BCUT2D eigenvalue weighted by molar-refractivity contribution is 5.79. The molecule has 0 aromatic heterocycles. The lowest BCUT2D eigenvalue weighted by Crippen LogP contribution is -2.22. The first-order valence-corrected chi connectivity index (χ1v) is 7.73. The molecule has 2 nitrogen and oxygen atoms in total. The second kappa shape index (κ2) is 9.30. The fourth-order valence-corrected chi connectivity index (χ4v) is 2.56. The maximum absolute atomic E-state index is 11.8. The Labute approximate surface area is 119 Å². The fraction of sp³-hybridized carbons (Fsp3) is 0.824. The first kappa shape index (κ1) is 18.4. The van der Waals surface area contributed by atoms with Crippen molar-refractivity contribution >= 4 is 5.78 Å². The minimum absolute atomic E-state index is 0.150. The lowest BCUT2D eigenvalue weighted by atomic mass is 9.74. The first-order valence-electron chi connectivity index (χ1n) is 7.73. The number of aliphatic hydroxyl groups excluding tert-OH is 1. The van der Waals surface area contributed by atoms with Gasteiger partial charge in [-0.3, -0.25) is 4.79 Å². The van der Waals surface area contributed by atoms with Crippen LogP contribution in [0.5, 0.6) is 0 Å². The number of hydrogen-bond donors (Lipinski definition) is 1. The summed E-state index contributed by atoms with van der Waals surface area (Å²) in [5.74, 6) is 0.912. The summed E-state index contributed by atoms with van der Waals surface area (Å²) in [6, 6.07) is 0. The summed E-state index contributed by atoms with van der Waals surface area (Å²) in [4.78, 5) is 11.8. The van der Waals surface area contributed by atoms with Crippen LogP contribution in [0.2, 0.25) is 0 Å². The Bertz CT molecular complexity index is 268. The van der Waals surface area contributed by atoms with Crippen LogP contribution in [0.3, 0.4) is 0 Å². The number of carbonyl (C=O) groups is 1. The van der Waals surface area contributed by atoms with Gasteiger partial charge in [-0.15, -0.1) is 6.58 Å². The van der Waals surface area contributed by atoms with E-state index >= 15 is 0 Å². The van der Waals surface area contributed by atoms with E-state index in [0.29, 0.717) is 6.42 Å². The van der Waals surface area contributed by atoms with Gasteiger partial charge < -0.3 is 5.11 Å². The average Bonchev–Trinajstić information content (AvgIpc) is 2.42. The Morgan fingerprint density at radius 1 is 1.32 bits per heavy atom. The molecule has 0 spiro atoms. The van der Waals surface area contributed by atoms with Crippen LogP contribution in [0.15, 0.2) is 12.7 Å². The van der Waals surface area contributed by atoms with E-state index in [1.165, 1.54) is 25.3 Å². The molecule has 0 aromatic carbocycles. The van der Waals surface area contributed by atoms with Crippen molar-refractivity contribution in [3.05, 3.63) is 12.7 Å². The normalized spacial score (nSPS) is 16.1. The Morgan fingerprint density at radius 2 is 1.89 bits per heavy atom. The van der Waals surface area contributed by atoms with Crippen molar-refractivity contribution in [1.29, 1.82) is 0 Å². The summed E-state index contributed by atoms with van der Waals surface area (Å²) in [5, 5.41) is 9.40. The molecule has 1 N–H and O–H groups in total. The summed E-state index contributed by atoms with van der Waals surface area (Å²) < 4.78 is 0. The van der Waals surface area contributed by atoms with E-state index < -0.39 is 6.10 Å². The molecule has 0 rings (SSSR count). The molecule has 112 valence electrons. The zero-order valence-corrected chi connectivity index (χ0v) is 13.2. The molecule has 0 aliphatic rings. The van der Waals surface area contributed by atoms with Crippen LogP contribution in [-0.2, 0) is 4.79 Å². The van der Waals surface area contributed by atoms with Gasteiger partial charge in [0.05, 0.1) is 6.10 Å². The summed E-state index contributed by atoms with van der Waals surface area (Å²) in [7, 11) is 0. The van der Waals surface area contributed by atoms with Crippen LogP contribution in [0.4, 0.5) is 0 Å². The highest BCUT2D eigenvalue weighted by Crippen LogP contribution is 2.37. The third-order valence-electron chi connectivity index (χ3n) is 4.51. The zero-order valence-electron chi connectivity index (χ0n) is 13.2. The van der Waals surface area contributed by atoms with Gasteiger partial charge in [0.1, 0.15) is 5.78 Å². The lowest BCUT2D eigenvalue weighted by Gasteiger charge is -2.32. The Morgan fingerprint density at radius 3 is 2.32 bits per heavy atom. The van der Waals surface area contributed by atoms with Crippen molar-refractivity contribution in [2.45, 2.75) is 78.7 Å². The van der Waals surface area contributed by atoms with Gasteiger partial charge >= 0.3 is 0 Å². The van der Waals surface area contributed by atoms with E-state index in [9.17, 15) is 9.90 Å². The third kappa shape index (κ3) is 7.51. The van der Waals surface area contributed by atoms with E-state index in [2.05, 4.69) is 34.3 Å². The summed E-state index contributed by atoms with van der Waals surface area (Å²) in [6.45, 7) is 12.5. The summed E-state index contributed by atoms with van der Waals surface area (Å²) >= 11 is 0. The summed E-state index contributed by atoms with van der Waals surface area (Å²) in [5.41, 5.74) is 0.255. The van der Waals surface area contributed by atoms with Crippen molar-refractivity contribution in [2.24, 2.45) is 11.3 Å². The van der Waals surface area contributed by atoms with Crippen LogP contribution in [0, 0.1) is 11.3 Å². The molecule has 0 fully saturated rings. The average molecular weight is 268 g/mol. The molecule has 0 aromatic rings. The van der Waals surface area contributed by atoms with Crippen molar-refractivity contribution in [2.75, 3.05) is 0 Å². The fourth-order valence-electron chi connectivity index (χ4n) is 2.56. The largest absolute Gasteiger partial charge is 0.389 e. The third-order valence-corrected chi connectivity index (χ3v) is 4.51. The second-order valence-corrected chi connectivity index (χ2v) is 6.10. The molecule has 0 aliphatic carbocycles. The summed E-state index contributed by atoms with van der Waals surface area (Å²) in [6.07, 6.45) is 7.23. The monoisotopic (exact) mass is 268 g/mol. The lowest BCUT2D eigenvalue weighted by molar-refractivity contribution is -0.121. The molecule has 0 saturated carbocycles. The smallest absolute Gasteiger partial charge is 0.135 e. The van der Waals surface area contributed by atoms with E-state index in [0.717, 1.165) is 18.8 Å². The number of Topliss-reactive ketones (excluding diaryl/α,β-unsaturated/α-hetero) is 1. The van der Waals surface area contributed by atoms with Gasteiger partial charge in [-0.1, -0.05) is 53.0 Å². The molecule has 2 atom stereocenters. The first-order chi connectivity index (χ1) is 8.90. The Balaban J connectivity index is 4.30. The minimum atomic E-state index is -0.681. The number of rotatable bonds is 11. The van der Waals surface area contributed by atoms with Gasteiger partial charge in [-0.05, 0) is 24.2 Å². The van der Waals surface area contributed by atoms with Crippen LogP contribution in [0.1, 0.15) is 72.6 Å². The number of hydrogen-bond acceptors (Lipinski definition) is 2. The molecule has 2 unspecified atom stereocenters.